The van der Waals surface area contributed by atoms with Crippen molar-refractivity contribution < 1.29 is 9.59 Å². The number of carbonyl (C=O) groups is 2. The van der Waals surface area contributed by atoms with E-state index in [0.717, 1.165) is 54.7 Å². The van der Waals surface area contributed by atoms with Crippen LogP contribution < -0.4 is 0 Å². The lowest BCUT2D eigenvalue weighted by Gasteiger charge is -2.33. The molecular formula is C18H23N3O2S. The Bertz CT molecular complexity index is 764. The third-order valence-corrected chi connectivity index (χ3v) is 6.29. The van der Waals surface area contributed by atoms with Crippen molar-refractivity contribution in [2.24, 2.45) is 13.0 Å². The number of piperidine rings is 1. The molecule has 2 aliphatic heterocycles. The van der Waals surface area contributed by atoms with Crippen LogP contribution in [0.1, 0.15) is 36.2 Å². The van der Waals surface area contributed by atoms with E-state index in [1.165, 1.54) is 0 Å². The fraction of sp³-hybridized carbons (Fsp3) is 0.556. The van der Waals surface area contributed by atoms with Crippen LogP contribution in [-0.2, 0) is 11.8 Å². The summed E-state index contributed by atoms with van der Waals surface area (Å²) in [6.45, 7) is 3.19. The predicted octanol–water partition coefficient (Wildman–Crippen LogP) is 2.71. The van der Waals surface area contributed by atoms with Crippen molar-refractivity contribution in [2.45, 2.75) is 25.7 Å². The molecule has 2 aliphatic rings. The van der Waals surface area contributed by atoms with Crippen molar-refractivity contribution in [2.75, 3.05) is 26.2 Å². The number of carbonyl (C=O) groups excluding carboxylic acids is 2. The molecule has 0 bridgehead atoms. The molecule has 24 heavy (non-hydrogen) atoms. The average molecular weight is 345 g/mol. The molecule has 0 saturated carbocycles. The minimum absolute atomic E-state index is 0.0907. The Labute approximate surface area is 145 Å². The van der Waals surface area contributed by atoms with E-state index in [1.54, 1.807) is 11.3 Å². The molecule has 5 nitrogen and oxygen atoms in total. The Kier molecular flexibility index (Phi) is 4.08. The topological polar surface area (TPSA) is 45.6 Å². The van der Waals surface area contributed by atoms with Gasteiger partial charge in [0.1, 0.15) is 5.69 Å². The van der Waals surface area contributed by atoms with E-state index in [0.29, 0.717) is 19.0 Å². The zero-order valence-corrected chi connectivity index (χ0v) is 14.8. The summed E-state index contributed by atoms with van der Waals surface area (Å²) in [4.78, 5) is 29.3. The molecular weight excluding hydrogens is 322 g/mol. The molecule has 0 radical (unpaired) electrons. The molecule has 128 valence electrons. The third-order valence-electron chi connectivity index (χ3n) is 5.43. The van der Waals surface area contributed by atoms with Crippen LogP contribution in [0.5, 0.6) is 0 Å². The van der Waals surface area contributed by atoms with Gasteiger partial charge in [0.05, 0.1) is 10.2 Å². The van der Waals surface area contributed by atoms with Gasteiger partial charge in [-0.1, -0.05) is 0 Å². The molecule has 2 amide bonds. The van der Waals surface area contributed by atoms with E-state index in [9.17, 15) is 9.59 Å². The van der Waals surface area contributed by atoms with Gasteiger partial charge in [0.2, 0.25) is 5.91 Å². The van der Waals surface area contributed by atoms with Gasteiger partial charge in [-0.25, -0.2) is 0 Å². The van der Waals surface area contributed by atoms with E-state index < -0.39 is 0 Å². The van der Waals surface area contributed by atoms with Crippen LogP contribution in [0.25, 0.3) is 10.2 Å². The number of amides is 2. The molecule has 0 spiro atoms. The second-order valence-corrected chi connectivity index (χ2v) is 7.81. The lowest BCUT2D eigenvalue weighted by atomic mass is 9.95. The zero-order chi connectivity index (χ0) is 16.7. The maximum atomic E-state index is 12.8. The van der Waals surface area contributed by atoms with Crippen molar-refractivity contribution in [1.82, 2.24) is 14.4 Å². The molecule has 0 aliphatic carbocycles. The lowest BCUT2D eigenvalue weighted by molar-refractivity contribution is -0.135. The van der Waals surface area contributed by atoms with Crippen LogP contribution in [0.4, 0.5) is 0 Å². The SMILES string of the molecule is Cn1c(C(=O)N2CCC(C(=O)N3CCCC3)CC2)cc2sccc21. The molecule has 2 saturated heterocycles. The number of likely N-dealkylation sites (tertiary alicyclic amines) is 2. The molecule has 2 aromatic rings. The van der Waals surface area contributed by atoms with Crippen LogP contribution in [0.15, 0.2) is 17.5 Å². The second kappa shape index (κ2) is 6.24. The van der Waals surface area contributed by atoms with Gasteiger partial charge in [-0.2, -0.15) is 0 Å². The number of rotatable bonds is 2. The Hall–Kier alpha value is -1.82. The summed E-state index contributed by atoms with van der Waals surface area (Å²) in [5.74, 6) is 0.496. The summed E-state index contributed by atoms with van der Waals surface area (Å²) in [6, 6.07) is 4.04. The highest BCUT2D eigenvalue weighted by atomic mass is 32.1. The normalized spacial score (nSPS) is 19.4. The summed E-state index contributed by atoms with van der Waals surface area (Å²) in [6.07, 6.45) is 3.85. The minimum atomic E-state index is 0.0907. The number of fused-ring (bicyclic) bond motifs is 1. The molecule has 2 aromatic heterocycles. The molecule has 0 atom stereocenters. The van der Waals surface area contributed by atoms with Gasteiger partial charge in [-0.3, -0.25) is 9.59 Å². The summed E-state index contributed by atoms with van der Waals surface area (Å²) in [5.41, 5.74) is 1.86. The highest BCUT2D eigenvalue weighted by Gasteiger charge is 2.32. The van der Waals surface area contributed by atoms with Gasteiger partial charge in [0, 0.05) is 39.1 Å². The molecule has 0 N–H and O–H groups in total. The Morgan fingerprint density at radius 2 is 1.79 bits per heavy atom. The monoisotopic (exact) mass is 345 g/mol. The number of nitrogens with zero attached hydrogens (tertiary/aromatic N) is 3. The highest BCUT2D eigenvalue weighted by Crippen LogP contribution is 2.27. The first-order valence-electron chi connectivity index (χ1n) is 8.76. The number of aromatic nitrogens is 1. The van der Waals surface area contributed by atoms with E-state index in [4.69, 9.17) is 0 Å². The maximum Gasteiger partial charge on any atom is 0.270 e. The summed E-state index contributed by atoms with van der Waals surface area (Å²) in [7, 11) is 1.95. The van der Waals surface area contributed by atoms with E-state index in [2.05, 4.69) is 6.07 Å². The van der Waals surface area contributed by atoms with Gasteiger partial charge in [-0.15, -0.1) is 11.3 Å². The highest BCUT2D eigenvalue weighted by molar-refractivity contribution is 7.17. The quantitative estimate of drug-likeness (QED) is 0.840. The van der Waals surface area contributed by atoms with Gasteiger partial charge in [0.15, 0.2) is 0 Å². The van der Waals surface area contributed by atoms with Crippen molar-refractivity contribution in [1.29, 1.82) is 0 Å². The van der Waals surface area contributed by atoms with E-state index in [-0.39, 0.29) is 11.8 Å². The van der Waals surface area contributed by atoms with Crippen molar-refractivity contribution in [3.05, 3.63) is 23.2 Å². The fourth-order valence-corrected chi connectivity index (χ4v) is 4.79. The number of aryl methyl sites for hydroxylation is 1. The van der Waals surface area contributed by atoms with E-state index in [1.807, 2.05) is 32.9 Å². The summed E-state index contributed by atoms with van der Waals surface area (Å²) in [5, 5.41) is 2.05. The maximum absolute atomic E-state index is 12.8. The standard InChI is InChI=1S/C18H23N3O2S/c1-19-14-6-11-24-16(14)12-15(19)18(23)21-9-4-13(5-10-21)17(22)20-7-2-3-8-20/h6,11-13H,2-5,7-10H2,1H3. The smallest absolute Gasteiger partial charge is 0.270 e. The number of thiophene rings is 1. The molecule has 2 fully saturated rings. The van der Waals surface area contributed by atoms with Crippen molar-refractivity contribution in [3.8, 4) is 0 Å². The number of hydrogen-bond acceptors (Lipinski definition) is 3. The first kappa shape index (κ1) is 15.7. The molecule has 6 heteroatoms. The van der Waals surface area contributed by atoms with Gasteiger partial charge < -0.3 is 14.4 Å². The van der Waals surface area contributed by atoms with Crippen LogP contribution in [0.3, 0.4) is 0 Å². The number of hydrogen-bond donors (Lipinski definition) is 0. The van der Waals surface area contributed by atoms with Gasteiger partial charge >= 0.3 is 0 Å². The molecule has 4 rings (SSSR count). The van der Waals surface area contributed by atoms with E-state index >= 15 is 0 Å². The average Bonchev–Trinajstić information content (AvgIpc) is 3.33. The Morgan fingerprint density at radius 1 is 1.08 bits per heavy atom. The second-order valence-electron chi connectivity index (χ2n) is 6.86. The third kappa shape index (κ3) is 2.62. The van der Waals surface area contributed by atoms with Crippen molar-refractivity contribution >= 4 is 33.4 Å². The van der Waals surface area contributed by atoms with Crippen LogP contribution in [0, 0.1) is 5.92 Å². The molecule has 0 aromatic carbocycles. The first-order valence-corrected chi connectivity index (χ1v) is 9.64. The fourth-order valence-electron chi connectivity index (χ4n) is 3.94. The predicted molar refractivity (Wildman–Crippen MR) is 95.2 cm³/mol. The lowest BCUT2D eigenvalue weighted by Crippen LogP contribution is -2.44. The van der Waals surface area contributed by atoms with Gasteiger partial charge in [0.25, 0.3) is 5.91 Å². The Morgan fingerprint density at radius 3 is 2.46 bits per heavy atom. The first-order chi connectivity index (χ1) is 11.6. The summed E-state index contributed by atoms with van der Waals surface area (Å²) < 4.78 is 3.13. The summed E-state index contributed by atoms with van der Waals surface area (Å²) >= 11 is 1.66. The van der Waals surface area contributed by atoms with Gasteiger partial charge in [-0.05, 0) is 43.2 Å². The minimum Gasteiger partial charge on any atom is -0.342 e. The Balaban J connectivity index is 1.41. The van der Waals surface area contributed by atoms with Crippen LogP contribution >= 0.6 is 11.3 Å². The van der Waals surface area contributed by atoms with Crippen molar-refractivity contribution in [3.63, 3.8) is 0 Å². The molecule has 0 unspecified atom stereocenters. The molecule has 4 heterocycles. The van der Waals surface area contributed by atoms with Crippen LogP contribution in [0.2, 0.25) is 0 Å². The largest absolute Gasteiger partial charge is 0.342 e. The zero-order valence-electron chi connectivity index (χ0n) is 14.0. The van der Waals surface area contributed by atoms with Crippen LogP contribution in [-0.4, -0.2) is 52.4 Å².